The molecule has 0 bridgehead atoms. The Bertz CT molecular complexity index is 1260. The van der Waals surface area contributed by atoms with Gasteiger partial charge in [0.2, 0.25) is 0 Å². The van der Waals surface area contributed by atoms with Gasteiger partial charge in [0.05, 0.1) is 31.3 Å². The van der Waals surface area contributed by atoms with Crippen LogP contribution in [0.15, 0.2) is 68.1 Å². The van der Waals surface area contributed by atoms with Crippen LogP contribution in [-0.4, -0.2) is 40.3 Å². The topological polar surface area (TPSA) is 105 Å². The van der Waals surface area contributed by atoms with E-state index < -0.39 is 0 Å². The second-order valence-electron chi connectivity index (χ2n) is 9.58. The van der Waals surface area contributed by atoms with Crippen LogP contribution >= 0.6 is 11.8 Å². The average Bonchev–Trinajstić information content (AvgIpc) is 3.50. The van der Waals surface area contributed by atoms with Gasteiger partial charge < -0.3 is 19.8 Å². The summed E-state index contributed by atoms with van der Waals surface area (Å²) in [7, 11) is 1.66. The number of anilines is 1. The Morgan fingerprint density at radius 3 is 3.00 bits per heavy atom. The van der Waals surface area contributed by atoms with Crippen molar-refractivity contribution in [2.45, 2.75) is 49.8 Å². The number of carbonyl (C=O) groups excluding carboxylic acids is 1. The molecule has 9 heteroatoms. The summed E-state index contributed by atoms with van der Waals surface area (Å²) in [6, 6.07) is 4.03. The molecule has 2 aliphatic carbocycles. The largest absolute Gasteiger partial charge is 0.497 e. The Kier molecular flexibility index (Phi) is 4.58. The first kappa shape index (κ1) is 20.4. The van der Waals surface area contributed by atoms with E-state index in [1.54, 1.807) is 13.3 Å². The molecule has 0 amide bonds. The molecule has 4 aliphatic rings. The fourth-order valence-electron chi connectivity index (χ4n) is 5.04. The zero-order chi connectivity index (χ0) is 22.7. The second kappa shape index (κ2) is 7.41. The van der Waals surface area contributed by atoms with Crippen LogP contribution < -0.4 is 10.6 Å². The summed E-state index contributed by atoms with van der Waals surface area (Å²) >= 11 is 1.45. The molecule has 0 spiro atoms. The van der Waals surface area contributed by atoms with Gasteiger partial charge in [0.15, 0.2) is 16.0 Å². The quantitative estimate of drug-likeness (QED) is 0.630. The third kappa shape index (κ3) is 3.51. The number of furan rings is 1. The second-order valence-corrected chi connectivity index (χ2v) is 10.6. The van der Waals surface area contributed by atoms with E-state index in [-0.39, 0.29) is 29.2 Å². The lowest BCUT2D eigenvalue weighted by atomic mass is 9.70. The van der Waals surface area contributed by atoms with Crippen LogP contribution in [0.4, 0.5) is 5.82 Å². The van der Waals surface area contributed by atoms with Crippen molar-refractivity contribution in [2.24, 2.45) is 10.4 Å². The summed E-state index contributed by atoms with van der Waals surface area (Å²) in [5.41, 5.74) is 2.60. The summed E-state index contributed by atoms with van der Waals surface area (Å²) in [6.07, 6.45) is 9.12. The van der Waals surface area contributed by atoms with Gasteiger partial charge in [0.25, 0.3) is 0 Å². The summed E-state index contributed by atoms with van der Waals surface area (Å²) in [4.78, 5) is 18.0. The number of nitrogens with one attached hydrogen (secondary N) is 3. The van der Waals surface area contributed by atoms with Crippen LogP contribution in [-0.2, 0) is 9.53 Å². The summed E-state index contributed by atoms with van der Waals surface area (Å²) in [5.74, 6) is 2.28. The number of aliphatic imine (C=N–C) groups is 1. The van der Waals surface area contributed by atoms with Gasteiger partial charge in [-0.05, 0) is 47.9 Å². The number of ketones is 1. The summed E-state index contributed by atoms with van der Waals surface area (Å²) in [5, 5.41) is 15.6. The number of Topliss-reactive ketones (excluding diaryl/α,β-unsaturated/α-hetero) is 1. The standard InChI is InChI=1S/C24H25N5O3S/c1-24(2)9-16-21(17(30)10-24)20(13-11-25-29-22(13)26-16)18-6-7-19(32-18)33-23-27-14-5-4-12(31-3)8-15(14)28-23/h4-8,11,14-15,20H,9-10H2,1-3H3,(H,27,28)(H2,25,26,29). The lowest BCUT2D eigenvalue weighted by molar-refractivity contribution is -0.118. The molecule has 33 heavy (non-hydrogen) atoms. The number of carbonyl (C=O) groups is 1. The SMILES string of the molecule is COC1=CC2NC(Sc3ccc(C4C5=C(CC(C)(C)CC5=O)Nc5[nH]ncc54)o3)=NC2C=C1. The van der Waals surface area contributed by atoms with Crippen molar-refractivity contribution in [3.05, 3.63) is 64.9 Å². The molecule has 3 unspecified atom stereocenters. The van der Waals surface area contributed by atoms with E-state index in [1.807, 2.05) is 30.4 Å². The number of nitrogens with zero attached hydrogens (tertiary/aromatic N) is 2. The number of amidine groups is 1. The molecular weight excluding hydrogens is 438 g/mol. The van der Waals surface area contributed by atoms with Crippen molar-refractivity contribution in [3.63, 3.8) is 0 Å². The van der Waals surface area contributed by atoms with Crippen molar-refractivity contribution in [1.82, 2.24) is 15.5 Å². The van der Waals surface area contributed by atoms with Crippen LogP contribution in [0.3, 0.4) is 0 Å². The minimum absolute atomic E-state index is 0.0506. The first-order valence-electron chi connectivity index (χ1n) is 11.0. The number of fused-ring (bicyclic) bond motifs is 2. The van der Waals surface area contributed by atoms with Crippen molar-refractivity contribution < 1.29 is 13.9 Å². The van der Waals surface area contributed by atoms with E-state index in [9.17, 15) is 4.79 Å². The van der Waals surface area contributed by atoms with Crippen molar-refractivity contribution in [2.75, 3.05) is 12.4 Å². The third-order valence-electron chi connectivity index (χ3n) is 6.51. The molecule has 2 aliphatic heterocycles. The number of hydrogen-bond donors (Lipinski definition) is 3. The highest BCUT2D eigenvalue weighted by Crippen LogP contribution is 2.49. The molecule has 0 aromatic carbocycles. The van der Waals surface area contributed by atoms with Gasteiger partial charge in [-0.1, -0.05) is 19.9 Å². The van der Waals surface area contributed by atoms with Crippen LogP contribution in [0.2, 0.25) is 0 Å². The van der Waals surface area contributed by atoms with Gasteiger partial charge in [-0.25, -0.2) is 0 Å². The van der Waals surface area contributed by atoms with Crippen LogP contribution in [0.5, 0.6) is 0 Å². The summed E-state index contributed by atoms with van der Waals surface area (Å²) in [6.45, 7) is 4.25. The number of hydrogen-bond acceptors (Lipinski definition) is 8. The predicted molar refractivity (Wildman–Crippen MR) is 126 cm³/mol. The molecular formula is C24H25N5O3S. The zero-order valence-corrected chi connectivity index (χ0v) is 19.5. The van der Waals surface area contributed by atoms with Crippen molar-refractivity contribution in [3.8, 4) is 0 Å². The Morgan fingerprint density at radius 2 is 2.15 bits per heavy atom. The van der Waals surface area contributed by atoms with Crippen molar-refractivity contribution in [1.29, 1.82) is 0 Å². The molecule has 3 atom stereocenters. The number of H-pyrrole nitrogens is 1. The molecule has 0 fully saturated rings. The number of aromatic amines is 1. The first-order valence-corrected chi connectivity index (χ1v) is 11.8. The molecule has 4 heterocycles. The maximum absolute atomic E-state index is 13.2. The predicted octanol–water partition coefficient (Wildman–Crippen LogP) is 4.09. The molecule has 8 nitrogen and oxygen atoms in total. The molecule has 0 saturated heterocycles. The van der Waals surface area contributed by atoms with Crippen molar-refractivity contribution >= 4 is 28.5 Å². The maximum atomic E-state index is 13.2. The molecule has 0 radical (unpaired) electrons. The lowest BCUT2D eigenvalue weighted by Crippen LogP contribution is -2.33. The maximum Gasteiger partial charge on any atom is 0.168 e. The Hall–Kier alpha value is -3.20. The van der Waals surface area contributed by atoms with E-state index in [4.69, 9.17) is 14.1 Å². The smallest absolute Gasteiger partial charge is 0.168 e. The average molecular weight is 464 g/mol. The van der Waals surface area contributed by atoms with E-state index >= 15 is 0 Å². The number of thioether (sulfide) groups is 1. The lowest BCUT2D eigenvalue weighted by Gasteiger charge is -2.37. The first-order chi connectivity index (χ1) is 15.9. The summed E-state index contributed by atoms with van der Waals surface area (Å²) < 4.78 is 11.6. The Morgan fingerprint density at radius 1 is 1.27 bits per heavy atom. The molecule has 2 aromatic rings. The number of aromatic nitrogens is 2. The molecule has 2 aromatic heterocycles. The van der Waals surface area contributed by atoms with Gasteiger partial charge in [0.1, 0.15) is 17.3 Å². The van der Waals surface area contributed by atoms with Crippen LogP contribution in [0, 0.1) is 5.41 Å². The molecule has 3 N–H and O–H groups in total. The number of methoxy groups -OCH3 is 1. The molecule has 170 valence electrons. The number of rotatable bonds is 3. The normalized spacial score (nSPS) is 27.1. The monoisotopic (exact) mass is 463 g/mol. The van der Waals surface area contributed by atoms with Crippen LogP contribution in [0.25, 0.3) is 0 Å². The number of allylic oxidation sites excluding steroid dienone is 3. The van der Waals surface area contributed by atoms with E-state index in [2.05, 4.69) is 34.7 Å². The minimum atomic E-state index is -0.274. The van der Waals surface area contributed by atoms with Gasteiger partial charge in [-0.15, -0.1) is 0 Å². The zero-order valence-electron chi connectivity index (χ0n) is 18.6. The fraction of sp³-hybridized carbons (Fsp3) is 0.375. The Balaban J connectivity index is 1.28. The fourth-order valence-corrected chi connectivity index (χ4v) is 5.87. The highest BCUT2D eigenvalue weighted by Gasteiger charge is 2.42. The van der Waals surface area contributed by atoms with E-state index in [0.717, 1.165) is 50.9 Å². The van der Waals surface area contributed by atoms with Gasteiger partial charge in [-0.2, -0.15) is 5.10 Å². The van der Waals surface area contributed by atoms with E-state index in [0.29, 0.717) is 6.42 Å². The minimum Gasteiger partial charge on any atom is -0.497 e. The molecule has 0 saturated carbocycles. The Labute approximate surface area is 195 Å². The van der Waals surface area contributed by atoms with E-state index in [1.165, 1.54) is 11.8 Å². The van der Waals surface area contributed by atoms with Crippen LogP contribution in [0.1, 0.15) is 43.9 Å². The number of ether oxygens (including phenoxy) is 1. The van der Waals surface area contributed by atoms with Gasteiger partial charge in [0, 0.05) is 23.3 Å². The van der Waals surface area contributed by atoms with Gasteiger partial charge >= 0.3 is 0 Å². The highest BCUT2D eigenvalue weighted by molar-refractivity contribution is 8.13. The van der Waals surface area contributed by atoms with Gasteiger partial charge in [-0.3, -0.25) is 14.9 Å². The molecule has 6 rings (SSSR count). The third-order valence-corrected chi connectivity index (χ3v) is 7.35. The highest BCUT2D eigenvalue weighted by atomic mass is 32.2.